The molecule has 0 aliphatic heterocycles. The summed E-state index contributed by atoms with van der Waals surface area (Å²) in [5, 5.41) is 3.08. The zero-order chi connectivity index (χ0) is 18.4. The van der Waals surface area contributed by atoms with Crippen molar-refractivity contribution in [2.75, 3.05) is 5.32 Å². The van der Waals surface area contributed by atoms with Crippen LogP contribution < -0.4 is 16.6 Å². The highest BCUT2D eigenvalue weighted by atomic mass is 16.2. The van der Waals surface area contributed by atoms with Crippen molar-refractivity contribution in [1.82, 2.24) is 9.55 Å². The Bertz CT molecular complexity index is 834. The van der Waals surface area contributed by atoms with Gasteiger partial charge in [-0.1, -0.05) is 13.0 Å². The lowest BCUT2D eigenvalue weighted by atomic mass is 10.1. The number of carbonyl (C=O) groups excluding carboxylic acids is 1. The largest absolute Gasteiger partial charge is 0.342 e. The summed E-state index contributed by atoms with van der Waals surface area (Å²) < 4.78 is 1.16. The van der Waals surface area contributed by atoms with E-state index in [4.69, 9.17) is 0 Å². The maximum Gasteiger partial charge on any atom is 0.329 e. The molecule has 0 amide bonds. The Morgan fingerprint density at radius 2 is 1.96 bits per heavy atom. The SMILES string of the molecule is CCc1cc(Nc2cc(=O)n(CCCCC(C)=O)c(=O)[nH]2)ccc1C. The molecule has 1 aromatic heterocycles. The Morgan fingerprint density at radius 1 is 1.20 bits per heavy atom. The molecule has 2 rings (SSSR count). The standard InChI is InChI=1S/C19H25N3O3/c1-4-15-11-16(9-8-13(15)2)20-17-12-18(24)22(19(25)21-17)10-6-5-7-14(3)23/h8-9,11-12,20H,4-7,10H2,1-3H3,(H,21,25). The molecule has 6 heteroatoms. The summed E-state index contributed by atoms with van der Waals surface area (Å²) in [6.45, 7) is 5.99. The van der Waals surface area contributed by atoms with Crippen molar-refractivity contribution in [2.45, 2.75) is 53.0 Å². The van der Waals surface area contributed by atoms with Crippen LogP contribution in [0.5, 0.6) is 0 Å². The van der Waals surface area contributed by atoms with Crippen LogP contribution in [0.2, 0.25) is 0 Å². The lowest BCUT2D eigenvalue weighted by molar-refractivity contribution is -0.117. The number of aryl methyl sites for hydroxylation is 2. The van der Waals surface area contributed by atoms with Crippen LogP contribution >= 0.6 is 0 Å². The van der Waals surface area contributed by atoms with Crippen LogP contribution in [-0.4, -0.2) is 15.3 Å². The molecule has 0 spiro atoms. The lowest BCUT2D eigenvalue weighted by Gasteiger charge is -2.11. The predicted molar refractivity (Wildman–Crippen MR) is 99.7 cm³/mol. The van der Waals surface area contributed by atoms with Gasteiger partial charge in [0.1, 0.15) is 11.6 Å². The van der Waals surface area contributed by atoms with Gasteiger partial charge in [-0.2, -0.15) is 0 Å². The quantitative estimate of drug-likeness (QED) is 0.722. The first kappa shape index (κ1) is 18.7. The van der Waals surface area contributed by atoms with E-state index in [1.807, 2.05) is 18.2 Å². The Hall–Kier alpha value is -2.63. The number of hydrogen-bond acceptors (Lipinski definition) is 4. The highest BCUT2D eigenvalue weighted by molar-refractivity contribution is 5.75. The minimum atomic E-state index is -0.444. The Kier molecular flexibility index (Phi) is 6.33. The van der Waals surface area contributed by atoms with Crippen LogP contribution in [0.1, 0.15) is 44.2 Å². The third kappa shape index (κ3) is 5.17. The van der Waals surface area contributed by atoms with Crippen molar-refractivity contribution in [3.63, 3.8) is 0 Å². The van der Waals surface area contributed by atoms with E-state index in [2.05, 4.69) is 24.1 Å². The third-order valence-corrected chi connectivity index (χ3v) is 4.19. The van der Waals surface area contributed by atoms with Crippen LogP contribution in [0.25, 0.3) is 0 Å². The average molecular weight is 343 g/mol. The molecule has 0 bridgehead atoms. The number of aromatic nitrogens is 2. The van der Waals surface area contributed by atoms with Gasteiger partial charge in [-0.05, 0) is 56.4 Å². The number of benzene rings is 1. The molecule has 0 saturated carbocycles. The molecule has 2 aromatic rings. The summed E-state index contributed by atoms with van der Waals surface area (Å²) in [5.74, 6) is 0.492. The molecule has 0 saturated heterocycles. The van der Waals surface area contributed by atoms with Gasteiger partial charge in [0.25, 0.3) is 5.56 Å². The number of nitrogens with one attached hydrogen (secondary N) is 2. The first-order valence-electron chi connectivity index (χ1n) is 8.61. The van der Waals surface area contributed by atoms with Crippen LogP contribution in [0.3, 0.4) is 0 Å². The highest BCUT2D eigenvalue weighted by Gasteiger charge is 2.06. The van der Waals surface area contributed by atoms with E-state index in [0.29, 0.717) is 31.6 Å². The first-order valence-corrected chi connectivity index (χ1v) is 8.61. The fraction of sp³-hybridized carbons (Fsp3) is 0.421. The van der Waals surface area contributed by atoms with E-state index in [0.717, 1.165) is 16.7 Å². The Labute approximate surface area is 146 Å². The number of ketones is 1. The van der Waals surface area contributed by atoms with E-state index in [1.54, 1.807) is 0 Å². The fourth-order valence-electron chi connectivity index (χ4n) is 2.73. The monoisotopic (exact) mass is 343 g/mol. The van der Waals surface area contributed by atoms with E-state index >= 15 is 0 Å². The van der Waals surface area contributed by atoms with Crippen molar-refractivity contribution in [3.05, 3.63) is 56.2 Å². The van der Waals surface area contributed by atoms with Gasteiger partial charge in [-0.25, -0.2) is 4.79 Å². The van der Waals surface area contributed by atoms with Gasteiger partial charge < -0.3 is 10.1 Å². The van der Waals surface area contributed by atoms with Gasteiger partial charge in [0.15, 0.2) is 0 Å². The molecular weight excluding hydrogens is 318 g/mol. The fourth-order valence-corrected chi connectivity index (χ4v) is 2.73. The molecule has 0 radical (unpaired) electrons. The molecule has 1 heterocycles. The summed E-state index contributed by atoms with van der Waals surface area (Å²) in [6, 6.07) is 7.33. The molecule has 0 atom stereocenters. The van der Waals surface area contributed by atoms with E-state index in [9.17, 15) is 14.4 Å². The number of rotatable bonds is 8. The van der Waals surface area contributed by atoms with E-state index < -0.39 is 5.69 Å². The molecular formula is C19H25N3O3. The van der Waals surface area contributed by atoms with Gasteiger partial charge in [0.05, 0.1) is 0 Å². The number of nitrogens with zero attached hydrogens (tertiary/aromatic N) is 1. The number of H-pyrrole nitrogens is 1. The van der Waals surface area contributed by atoms with Crippen LogP contribution in [0.4, 0.5) is 11.5 Å². The summed E-state index contributed by atoms with van der Waals surface area (Å²) in [7, 11) is 0. The molecule has 0 aliphatic carbocycles. The third-order valence-electron chi connectivity index (χ3n) is 4.19. The van der Waals surface area contributed by atoms with E-state index in [-0.39, 0.29) is 11.3 Å². The summed E-state index contributed by atoms with van der Waals surface area (Å²) in [5.41, 5.74) is 2.46. The second-order valence-corrected chi connectivity index (χ2v) is 6.26. The minimum Gasteiger partial charge on any atom is -0.342 e. The maximum atomic E-state index is 12.2. The number of anilines is 2. The van der Waals surface area contributed by atoms with Crippen LogP contribution in [-0.2, 0) is 17.8 Å². The zero-order valence-corrected chi connectivity index (χ0v) is 15.0. The topological polar surface area (TPSA) is 84.0 Å². The van der Waals surface area contributed by atoms with Crippen molar-refractivity contribution >= 4 is 17.3 Å². The Morgan fingerprint density at radius 3 is 2.60 bits per heavy atom. The number of Topliss-reactive ketones (excluding diaryl/α,β-unsaturated/α-hetero) is 1. The summed E-state index contributed by atoms with van der Waals surface area (Å²) >= 11 is 0. The molecule has 2 N–H and O–H groups in total. The second-order valence-electron chi connectivity index (χ2n) is 6.26. The molecule has 6 nitrogen and oxygen atoms in total. The number of unbranched alkanes of at least 4 members (excludes halogenated alkanes) is 1. The van der Waals surface area contributed by atoms with Crippen molar-refractivity contribution in [1.29, 1.82) is 0 Å². The molecule has 0 aliphatic rings. The van der Waals surface area contributed by atoms with Crippen molar-refractivity contribution in [2.24, 2.45) is 0 Å². The molecule has 25 heavy (non-hydrogen) atoms. The lowest BCUT2D eigenvalue weighted by Crippen LogP contribution is -2.35. The van der Waals surface area contributed by atoms with Gasteiger partial charge >= 0.3 is 5.69 Å². The average Bonchev–Trinajstić information content (AvgIpc) is 2.55. The van der Waals surface area contributed by atoms with Crippen molar-refractivity contribution < 1.29 is 4.79 Å². The number of hydrogen-bond donors (Lipinski definition) is 2. The normalized spacial score (nSPS) is 10.7. The number of aromatic amines is 1. The van der Waals surface area contributed by atoms with Crippen molar-refractivity contribution in [3.8, 4) is 0 Å². The Balaban J connectivity index is 2.12. The smallest absolute Gasteiger partial charge is 0.329 e. The van der Waals surface area contributed by atoms with Gasteiger partial charge in [0, 0.05) is 24.7 Å². The van der Waals surface area contributed by atoms with Gasteiger partial charge in [-0.15, -0.1) is 0 Å². The summed E-state index contributed by atoms with van der Waals surface area (Å²) in [6.07, 6.45) is 2.68. The van der Waals surface area contributed by atoms with E-state index in [1.165, 1.54) is 24.1 Å². The second kappa shape index (κ2) is 8.46. The van der Waals surface area contributed by atoms with Crippen LogP contribution in [0.15, 0.2) is 33.9 Å². The molecule has 0 fully saturated rings. The van der Waals surface area contributed by atoms with Gasteiger partial charge in [-0.3, -0.25) is 14.3 Å². The minimum absolute atomic E-state index is 0.116. The first-order chi connectivity index (χ1) is 11.9. The zero-order valence-electron chi connectivity index (χ0n) is 15.0. The van der Waals surface area contributed by atoms with Crippen LogP contribution in [0, 0.1) is 6.92 Å². The van der Waals surface area contributed by atoms with Gasteiger partial charge in [0.2, 0.25) is 0 Å². The molecule has 1 aromatic carbocycles. The molecule has 134 valence electrons. The predicted octanol–water partition coefficient (Wildman–Crippen LogP) is 2.91. The summed E-state index contributed by atoms with van der Waals surface area (Å²) in [4.78, 5) is 38.0. The number of carbonyl (C=O) groups is 1. The highest BCUT2D eigenvalue weighted by Crippen LogP contribution is 2.18. The maximum absolute atomic E-state index is 12.2. The molecule has 0 unspecified atom stereocenters.